The van der Waals surface area contributed by atoms with Crippen LogP contribution in [0.5, 0.6) is 0 Å². The second-order valence-corrected chi connectivity index (χ2v) is 29.0. The van der Waals surface area contributed by atoms with Gasteiger partial charge in [0, 0.05) is 19.3 Å². The predicted molar refractivity (Wildman–Crippen MR) is 417 cm³/mol. The van der Waals surface area contributed by atoms with E-state index in [2.05, 4.69) is 154 Å². The fraction of sp³-hybridized carbons (Fsp3) is 0.699. The van der Waals surface area contributed by atoms with E-state index in [4.69, 9.17) is 32.3 Å². The standard InChI is InChI=1S/C83H142O16P2/c1-4-7-10-13-16-19-22-25-27-29-31-33-34-35-36-37-38-39-40-41-42-44-46-47-49-52-54-57-60-63-66-69-81(86)93-72-78(84)73-95-100(89,90)96-74-79(85)75-97-101(91,92)98-77-80(99-83(88)71-68-65-62-59-56-51-24-21-18-15-12-9-6-3)76-94-82(87)70-67-64-61-58-55-53-50-48-45-43-32-30-28-26-23-20-17-14-11-8-5-2/h8,11-12,15-17,19-21,24-28,31-33,35-36,43,48,50,78-80,84-85H,4-7,9-10,13-14,18,22-23,29-30,34,37-42,44-47,49,51-77H2,1-3H3,(H,89,90)(H,91,92)/b11-8-,15-12-,19-16-,20-17-,24-21-,27-25-,28-26-,33-31-,36-35-,43-32-,50-48-. The third-order valence-corrected chi connectivity index (χ3v) is 18.2. The van der Waals surface area contributed by atoms with Gasteiger partial charge in [0.05, 0.1) is 26.4 Å². The van der Waals surface area contributed by atoms with Gasteiger partial charge in [-0.3, -0.25) is 32.5 Å². The number of phosphoric ester groups is 2. The van der Waals surface area contributed by atoms with Gasteiger partial charge in [-0.1, -0.05) is 296 Å². The second-order valence-electron chi connectivity index (χ2n) is 26.1. The van der Waals surface area contributed by atoms with Crippen molar-refractivity contribution in [3.05, 3.63) is 134 Å². The Kier molecular flexibility index (Phi) is 72.2. The van der Waals surface area contributed by atoms with E-state index in [9.17, 15) is 43.5 Å². The number of phosphoric acid groups is 2. The van der Waals surface area contributed by atoms with Crippen molar-refractivity contribution >= 4 is 33.6 Å². The quantitative estimate of drug-likeness (QED) is 0.0146. The molecule has 0 radical (unpaired) electrons. The molecule has 4 N–H and O–H groups in total. The van der Waals surface area contributed by atoms with Crippen molar-refractivity contribution in [2.75, 3.05) is 39.6 Å². The molecular weight excluding hydrogens is 1310 g/mol. The highest BCUT2D eigenvalue weighted by atomic mass is 31.2. The van der Waals surface area contributed by atoms with E-state index in [0.717, 1.165) is 154 Å². The van der Waals surface area contributed by atoms with Crippen LogP contribution in [0.1, 0.15) is 316 Å². The van der Waals surface area contributed by atoms with Crippen LogP contribution in [0.2, 0.25) is 0 Å². The average Bonchev–Trinajstić information content (AvgIpc) is 0.935. The van der Waals surface area contributed by atoms with Crippen molar-refractivity contribution in [2.45, 2.75) is 334 Å². The van der Waals surface area contributed by atoms with E-state index < -0.39 is 91.5 Å². The minimum atomic E-state index is -4.94. The summed E-state index contributed by atoms with van der Waals surface area (Å²) in [5, 5.41) is 20.6. The first kappa shape index (κ1) is 96.7. The molecule has 0 aromatic heterocycles. The van der Waals surface area contributed by atoms with E-state index in [-0.39, 0.29) is 19.3 Å². The van der Waals surface area contributed by atoms with Crippen LogP contribution in [-0.2, 0) is 55.8 Å². The van der Waals surface area contributed by atoms with Crippen LogP contribution >= 0.6 is 15.6 Å². The van der Waals surface area contributed by atoms with E-state index in [1.807, 2.05) is 0 Å². The van der Waals surface area contributed by atoms with Gasteiger partial charge in [0.2, 0.25) is 0 Å². The van der Waals surface area contributed by atoms with Crippen LogP contribution in [0.25, 0.3) is 0 Å². The smallest absolute Gasteiger partial charge is 0.463 e. The fourth-order valence-corrected chi connectivity index (χ4v) is 11.9. The summed E-state index contributed by atoms with van der Waals surface area (Å²) in [5.74, 6) is -1.61. The van der Waals surface area contributed by atoms with Gasteiger partial charge in [-0.2, -0.15) is 0 Å². The van der Waals surface area contributed by atoms with Crippen LogP contribution in [0, 0.1) is 0 Å². The summed E-state index contributed by atoms with van der Waals surface area (Å²) in [5.41, 5.74) is 0. The zero-order valence-corrected chi connectivity index (χ0v) is 65.1. The Hall–Kier alpha value is -4.31. The molecule has 101 heavy (non-hydrogen) atoms. The van der Waals surface area contributed by atoms with Crippen LogP contribution in [0.3, 0.4) is 0 Å². The Bertz CT molecular complexity index is 2370. The molecule has 0 aliphatic carbocycles. The Morgan fingerprint density at radius 1 is 0.287 bits per heavy atom. The average molecular weight is 1460 g/mol. The molecule has 0 aliphatic heterocycles. The lowest BCUT2D eigenvalue weighted by atomic mass is 10.0. The van der Waals surface area contributed by atoms with Crippen molar-refractivity contribution in [1.82, 2.24) is 0 Å². The SMILES string of the molecule is CC/C=C\C/C=C\C/C=C\C/C=C\C/C=C\CCCCCCCC(=O)OCC(COP(=O)(O)OCC(O)COP(=O)(O)OCC(O)COC(=O)CCCCCCCCCCCCCCCCC/C=C\C/C=C\C/C=C\C/C=C\CCCCC)OC(=O)CCCCCCC/C=C\C/C=C\CCC. The fourth-order valence-electron chi connectivity index (χ4n) is 10.3. The highest BCUT2D eigenvalue weighted by Gasteiger charge is 2.29. The molecule has 0 bridgehead atoms. The topological polar surface area (TPSA) is 231 Å². The van der Waals surface area contributed by atoms with Gasteiger partial charge in [-0.15, -0.1) is 0 Å². The monoisotopic (exact) mass is 1460 g/mol. The number of allylic oxidation sites excluding steroid dienone is 22. The van der Waals surface area contributed by atoms with Crippen molar-refractivity contribution in [1.29, 1.82) is 0 Å². The molecule has 0 amide bonds. The van der Waals surface area contributed by atoms with Gasteiger partial charge < -0.3 is 34.2 Å². The number of aliphatic hydroxyl groups excluding tert-OH is 2. The van der Waals surface area contributed by atoms with Crippen LogP contribution in [0.4, 0.5) is 0 Å². The molecule has 0 aromatic carbocycles. The van der Waals surface area contributed by atoms with Crippen molar-refractivity contribution in [2.24, 2.45) is 0 Å². The number of rotatable bonds is 74. The van der Waals surface area contributed by atoms with Crippen LogP contribution < -0.4 is 0 Å². The maximum atomic E-state index is 12.9. The van der Waals surface area contributed by atoms with E-state index in [1.165, 1.54) is 103 Å². The molecule has 0 aliphatic rings. The summed E-state index contributed by atoms with van der Waals surface area (Å²) in [7, 11) is -9.80. The Labute approximate surface area is 614 Å². The summed E-state index contributed by atoms with van der Waals surface area (Å²) in [6, 6.07) is 0. The van der Waals surface area contributed by atoms with Gasteiger partial charge in [-0.25, -0.2) is 9.13 Å². The molecule has 0 fully saturated rings. The molecule has 0 aromatic rings. The van der Waals surface area contributed by atoms with Crippen molar-refractivity contribution in [3.8, 4) is 0 Å². The number of hydrogen-bond acceptors (Lipinski definition) is 14. The molecule has 0 spiro atoms. The minimum absolute atomic E-state index is 0.0807. The van der Waals surface area contributed by atoms with E-state index in [1.54, 1.807) is 0 Å². The van der Waals surface area contributed by atoms with Crippen molar-refractivity contribution in [3.63, 3.8) is 0 Å². The molecule has 0 heterocycles. The summed E-state index contributed by atoms with van der Waals surface area (Å²) < 4.78 is 61.1. The number of esters is 3. The Balaban J connectivity index is 4.47. The number of unbranched alkanes of at least 4 members (excludes halogenated alkanes) is 29. The highest BCUT2D eigenvalue weighted by Crippen LogP contribution is 2.45. The largest absolute Gasteiger partial charge is 0.472 e. The van der Waals surface area contributed by atoms with Gasteiger partial charge in [0.25, 0.3) is 0 Å². The molecular formula is C83H142O16P2. The molecule has 0 rings (SSSR count). The van der Waals surface area contributed by atoms with Gasteiger partial charge in [0.15, 0.2) is 6.10 Å². The zero-order valence-electron chi connectivity index (χ0n) is 63.3. The first-order chi connectivity index (χ1) is 49.2. The van der Waals surface area contributed by atoms with Gasteiger partial charge >= 0.3 is 33.6 Å². The summed E-state index contributed by atoms with van der Waals surface area (Å²) in [6.07, 6.45) is 90.8. The minimum Gasteiger partial charge on any atom is -0.463 e. The van der Waals surface area contributed by atoms with Gasteiger partial charge in [0.1, 0.15) is 25.4 Å². The Morgan fingerprint density at radius 3 is 0.871 bits per heavy atom. The molecule has 18 heteroatoms. The predicted octanol–water partition coefficient (Wildman–Crippen LogP) is 23.1. The maximum Gasteiger partial charge on any atom is 0.472 e. The molecule has 5 unspecified atom stereocenters. The number of carbonyl (C=O) groups excluding carboxylic acids is 3. The molecule has 0 saturated carbocycles. The normalized spacial score (nSPS) is 14.7. The number of aliphatic hydroxyl groups is 2. The van der Waals surface area contributed by atoms with E-state index >= 15 is 0 Å². The Morgan fingerprint density at radius 2 is 0.545 bits per heavy atom. The van der Waals surface area contributed by atoms with Crippen LogP contribution in [-0.4, -0.2) is 95.9 Å². The first-order valence-electron chi connectivity index (χ1n) is 39.5. The van der Waals surface area contributed by atoms with Crippen LogP contribution in [0.15, 0.2) is 134 Å². The third-order valence-electron chi connectivity index (χ3n) is 16.3. The molecule has 0 saturated heterocycles. The maximum absolute atomic E-state index is 12.9. The lowest BCUT2D eigenvalue weighted by molar-refractivity contribution is -0.161. The molecule has 5 atom stereocenters. The molecule has 580 valence electrons. The van der Waals surface area contributed by atoms with Crippen molar-refractivity contribution < 1.29 is 75.8 Å². The summed E-state index contributed by atoms with van der Waals surface area (Å²) >= 11 is 0. The van der Waals surface area contributed by atoms with Gasteiger partial charge in [-0.05, 0) is 135 Å². The summed E-state index contributed by atoms with van der Waals surface area (Å²) in [6.45, 7) is 2.44. The number of ether oxygens (including phenoxy) is 3. The lowest BCUT2D eigenvalue weighted by Gasteiger charge is -2.21. The van der Waals surface area contributed by atoms with E-state index in [0.29, 0.717) is 19.3 Å². The molecule has 16 nitrogen and oxygen atoms in total. The summed E-state index contributed by atoms with van der Waals surface area (Å²) in [4.78, 5) is 58.6. The highest BCUT2D eigenvalue weighted by molar-refractivity contribution is 7.47. The number of hydrogen-bond donors (Lipinski definition) is 4. The first-order valence-corrected chi connectivity index (χ1v) is 42.5. The zero-order chi connectivity index (χ0) is 73.7. The second kappa shape index (κ2) is 75.4. The number of carbonyl (C=O) groups is 3. The lowest BCUT2D eigenvalue weighted by Crippen LogP contribution is -2.30. The third kappa shape index (κ3) is 76.6.